The number of rotatable bonds is 8. The summed E-state index contributed by atoms with van der Waals surface area (Å²) in [5, 5.41) is 40.8. The van der Waals surface area contributed by atoms with Crippen LogP contribution in [0.3, 0.4) is 0 Å². The van der Waals surface area contributed by atoms with E-state index in [-0.39, 0.29) is 54.3 Å². The molecule has 3 aromatic rings. The van der Waals surface area contributed by atoms with Crippen LogP contribution < -0.4 is 34.7 Å². The van der Waals surface area contributed by atoms with Crippen molar-refractivity contribution >= 4 is 17.0 Å². The van der Waals surface area contributed by atoms with Gasteiger partial charge >= 0.3 is 29.6 Å². The predicted octanol–water partition coefficient (Wildman–Crippen LogP) is 0.226. The first-order valence-corrected chi connectivity index (χ1v) is 10.0. The summed E-state index contributed by atoms with van der Waals surface area (Å²) in [5.74, 6) is -0.312. The van der Waals surface area contributed by atoms with Crippen molar-refractivity contribution in [2.45, 2.75) is 51.2 Å². The average molecular weight is 435 g/mol. The van der Waals surface area contributed by atoms with E-state index in [1.54, 1.807) is 24.3 Å². The fourth-order valence-corrected chi connectivity index (χ4v) is 3.81. The standard InChI is InChI=1S/C24H27FNO4.Na/c1-15(2)26-21-6-4-3-5-20(21)24(16-7-9-17(25)10-8-16)22(26)12-11-18(27)13-19(28)14-23(29)30;/h3-12,15,18-19,23,27-29H,13-14H2,1-2H3;/q-1;+1/b12-11+;/t18-,19-,23-;/m0./s1. The fraction of sp³-hybridized carbons (Fsp3) is 0.333. The molecule has 3 N–H and O–H groups in total. The Morgan fingerprint density at radius 1 is 1.00 bits per heavy atom. The van der Waals surface area contributed by atoms with E-state index in [1.807, 2.05) is 24.3 Å². The Morgan fingerprint density at radius 3 is 2.26 bits per heavy atom. The molecule has 0 aliphatic carbocycles. The molecule has 0 amide bonds. The monoisotopic (exact) mass is 435 g/mol. The zero-order chi connectivity index (χ0) is 21.8. The van der Waals surface area contributed by atoms with Gasteiger partial charge in [0.05, 0.1) is 12.2 Å². The van der Waals surface area contributed by atoms with Crippen LogP contribution in [0.15, 0.2) is 54.6 Å². The molecule has 0 spiro atoms. The van der Waals surface area contributed by atoms with Gasteiger partial charge in [0.1, 0.15) is 5.82 Å². The first kappa shape index (κ1) is 25.7. The van der Waals surface area contributed by atoms with Crippen LogP contribution in [0.2, 0.25) is 0 Å². The normalized spacial score (nSPS) is 14.7. The van der Waals surface area contributed by atoms with Crippen LogP contribution in [-0.4, -0.2) is 38.4 Å². The zero-order valence-corrected chi connectivity index (χ0v) is 20.1. The van der Waals surface area contributed by atoms with Crippen LogP contribution in [0.5, 0.6) is 0 Å². The van der Waals surface area contributed by atoms with Crippen molar-refractivity contribution < 1.29 is 54.4 Å². The van der Waals surface area contributed by atoms with Crippen molar-refractivity contribution in [3.05, 3.63) is 66.1 Å². The minimum atomic E-state index is -1.87. The predicted molar refractivity (Wildman–Crippen MR) is 114 cm³/mol. The number of benzene rings is 2. The van der Waals surface area contributed by atoms with Crippen molar-refractivity contribution in [3.63, 3.8) is 0 Å². The largest absolute Gasteiger partial charge is 1.00 e. The molecular weight excluding hydrogens is 408 g/mol. The third kappa shape index (κ3) is 6.26. The molecule has 0 saturated heterocycles. The topological polar surface area (TPSA) is 88.7 Å². The van der Waals surface area contributed by atoms with Crippen LogP contribution in [-0.2, 0) is 0 Å². The molecule has 160 valence electrons. The van der Waals surface area contributed by atoms with Gasteiger partial charge in [-0.15, -0.1) is 0 Å². The van der Waals surface area contributed by atoms with E-state index in [1.165, 1.54) is 12.1 Å². The summed E-state index contributed by atoms with van der Waals surface area (Å²) in [7, 11) is 0. The number of aliphatic hydroxyl groups excluding tert-OH is 3. The Hall–Kier alpha value is -1.51. The summed E-state index contributed by atoms with van der Waals surface area (Å²) in [4.78, 5) is 0. The van der Waals surface area contributed by atoms with Gasteiger partial charge in [-0.05, 0) is 56.4 Å². The second-order valence-corrected chi connectivity index (χ2v) is 7.75. The van der Waals surface area contributed by atoms with Crippen molar-refractivity contribution in [1.29, 1.82) is 0 Å². The van der Waals surface area contributed by atoms with Gasteiger partial charge in [0.15, 0.2) is 0 Å². The van der Waals surface area contributed by atoms with E-state index in [4.69, 9.17) is 5.11 Å². The van der Waals surface area contributed by atoms with Crippen LogP contribution >= 0.6 is 0 Å². The minimum Gasteiger partial charge on any atom is -0.831 e. The quantitative estimate of drug-likeness (QED) is 0.349. The summed E-state index contributed by atoms with van der Waals surface area (Å²) < 4.78 is 15.6. The Kier molecular flexibility index (Phi) is 9.45. The molecule has 1 aromatic heterocycles. The molecule has 0 aliphatic heterocycles. The van der Waals surface area contributed by atoms with E-state index in [2.05, 4.69) is 18.4 Å². The summed E-state index contributed by atoms with van der Waals surface area (Å²) in [6.45, 7) is 4.13. The molecule has 0 aliphatic rings. The van der Waals surface area contributed by atoms with E-state index >= 15 is 0 Å². The van der Waals surface area contributed by atoms with Crippen LogP contribution in [0.1, 0.15) is 38.4 Å². The van der Waals surface area contributed by atoms with Crippen molar-refractivity contribution in [2.75, 3.05) is 0 Å². The Labute approximate surface area is 203 Å². The number of fused-ring (bicyclic) bond motifs is 1. The first-order chi connectivity index (χ1) is 14.3. The third-order valence-electron chi connectivity index (χ3n) is 5.06. The number of aliphatic hydroxyl groups is 3. The van der Waals surface area contributed by atoms with Crippen LogP contribution in [0.4, 0.5) is 4.39 Å². The smallest absolute Gasteiger partial charge is 0.831 e. The molecule has 0 fully saturated rings. The Bertz CT molecular complexity index is 1010. The molecular formula is C24H27FNNaO4. The summed E-state index contributed by atoms with van der Waals surface area (Å²) >= 11 is 0. The van der Waals surface area contributed by atoms with Gasteiger partial charge in [-0.2, -0.15) is 0 Å². The SMILES string of the molecule is CC(C)n1c(/C=C/[C@H](O)C[C@H](O)C[C@H]([O-])O)c(-c2ccc(F)cc2)c2ccccc21.[Na+]. The minimum absolute atomic E-state index is 0. The molecule has 0 radical (unpaired) electrons. The summed E-state index contributed by atoms with van der Waals surface area (Å²) in [6, 6.07) is 14.4. The Morgan fingerprint density at radius 2 is 1.65 bits per heavy atom. The third-order valence-corrected chi connectivity index (χ3v) is 5.06. The van der Waals surface area contributed by atoms with Gasteiger partial charge in [-0.1, -0.05) is 36.4 Å². The number of hydrogen-bond donors (Lipinski definition) is 3. The van der Waals surface area contributed by atoms with Gasteiger partial charge in [0.25, 0.3) is 0 Å². The molecule has 0 unspecified atom stereocenters. The number of para-hydroxylation sites is 1. The maximum atomic E-state index is 13.5. The van der Waals surface area contributed by atoms with E-state index < -0.39 is 18.5 Å². The van der Waals surface area contributed by atoms with Crippen molar-refractivity contribution in [3.8, 4) is 11.1 Å². The molecule has 0 bridgehead atoms. The molecule has 3 atom stereocenters. The molecule has 7 heteroatoms. The zero-order valence-electron chi connectivity index (χ0n) is 18.1. The molecule has 2 aromatic carbocycles. The Balaban J connectivity index is 0.00000341. The average Bonchev–Trinajstić information content (AvgIpc) is 3.00. The van der Waals surface area contributed by atoms with Gasteiger partial charge in [0, 0.05) is 34.6 Å². The second kappa shape index (κ2) is 11.4. The fourth-order valence-electron chi connectivity index (χ4n) is 3.81. The van der Waals surface area contributed by atoms with Crippen LogP contribution in [0.25, 0.3) is 28.1 Å². The molecule has 1 heterocycles. The van der Waals surface area contributed by atoms with Gasteiger partial charge < -0.3 is 25.0 Å². The molecule has 5 nitrogen and oxygen atoms in total. The van der Waals surface area contributed by atoms with Gasteiger partial charge in [0.2, 0.25) is 0 Å². The maximum Gasteiger partial charge on any atom is 1.00 e. The van der Waals surface area contributed by atoms with Gasteiger partial charge in [-0.25, -0.2) is 4.39 Å². The summed E-state index contributed by atoms with van der Waals surface area (Å²) in [6.07, 6.45) is -0.973. The molecule has 31 heavy (non-hydrogen) atoms. The van der Waals surface area contributed by atoms with Crippen molar-refractivity contribution in [1.82, 2.24) is 4.57 Å². The van der Waals surface area contributed by atoms with Crippen molar-refractivity contribution in [2.24, 2.45) is 0 Å². The number of aromatic nitrogens is 1. The number of halogens is 1. The van der Waals surface area contributed by atoms with E-state index in [9.17, 15) is 19.7 Å². The molecule has 0 saturated carbocycles. The molecule has 3 rings (SSSR count). The van der Waals surface area contributed by atoms with Gasteiger partial charge in [-0.3, -0.25) is 0 Å². The van der Waals surface area contributed by atoms with Crippen LogP contribution in [0, 0.1) is 5.82 Å². The maximum absolute atomic E-state index is 13.5. The first-order valence-electron chi connectivity index (χ1n) is 10.0. The van der Waals surface area contributed by atoms with E-state index in [0.29, 0.717) is 0 Å². The van der Waals surface area contributed by atoms with E-state index in [0.717, 1.165) is 27.7 Å². The second-order valence-electron chi connectivity index (χ2n) is 7.75. The number of nitrogens with zero attached hydrogens (tertiary/aromatic N) is 1. The number of hydrogen-bond acceptors (Lipinski definition) is 4. The summed E-state index contributed by atoms with van der Waals surface area (Å²) in [5.41, 5.74) is 3.67.